The number of nitrogen functional groups attached to an aromatic ring is 1. The Kier molecular flexibility index (Phi) is 3.87. The van der Waals surface area contributed by atoms with Crippen LogP contribution in [-0.4, -0.2) is 8.42 Å². The van der Waals surface area contributed by atoms with Crippen LogP contribution in [0.5, 0.6) is 0 Å². The van der Waals surface area contributed by atoms with Gasteiger partial charge in [0.1, 0.15) is 5.82 Å². The molecule has 2 rings (SSSR count). The molecule has 7 heteroatoms. The topological polar surface area (TPSA) is 72.2 Å². The normalized spacial score (nSPS) is 11.3. The lowest BCUT2D eigenvalue weighted by Crippen LogP contribution is -2.14. The van der Waals surface area contributed by atoms with Crippen LogP contribution in [0.3, 0.4) is 0 Å². The third-order valence-electron chi connectivity index (χ3n) is 2.71. The molecule has 0 radical (unpaired) electrons. The number of aryl methyl sites for hydroxylation is 1. The summed E-state index contributed by atoms with van der Waals surface area (Å²) in [7, 11) is -3.92. The highest BCUT2D eigenvalue weighted by Crippen LogP contribution is 2.25. The zero-order chi connectivity index (χ0) is 14.9. The van der Waals surface area contributed by atoms with Crippen LogP contribution in [0.15, 0.2) is 41.3 Å². The lowest BCUT2D eigenvalue weighted by Gasteiger charge is -2.11. The van der Waals surface area contributed by atoms with Crippen molar-refractivity contribution in [2.45, 2.75) is 11.8 Å². The summed E-state index contributed by atoms with van der Waals surface area (Å²) in [5.41, 5.74) is 6.28. The first-order chi connectivity index (χ1) is 9.29. The summed E-state index contributed by atoms with van der Waals surface area (Å²) in [4.78, 5) is -0.0523. The predicted octanol–water partition coefficient (Wildman–Crippen LogP) is 3.17. The molecule has 0 bridgehead atoms. The molecule has 0 amide bonds. The van der Waals surface area contributed by atoms with Crippen LogP contribution in [-0.2, 0) is 10.0 Å². The van der Waals surface area contributed by atoms with E-state index in [4.69, 9.17) is 17.3 Å². The summed E-state index contributed by atoms with van der Waals surface area (Å²) in [5, 5.41) is 0.275. The zero-order valence-electron chi connectivity index (χ0n) is 10.5. The number of nitrogens with two attached hydrogens (primary N) is 1. The molecule has 0 saturated heterocycles. The van der Waals surface area contributed by atoms with Crippen molar-refractivity contribution >= 4 is 33.0 Å². The maximum absolute atomic E-state index is 13.7. The molecule has 0 aliphatic carbocycles. The lowest BCUT2D eigenvalue weighted by atomic mass is 10.2. The third-order valence-corrected chi connectivity index (χ3v) is 4.30. The molecular weight excluding hydrogens is 303 g/mol. The number of hydrogen-bond donors (Lipinski definition) is 2. The van der Waals surface area contributed by atoms with E-state index in [1.807, 2.05) is 0 Å². The first kappa shape index (κ1) is 14.6. The van der Waals surface area contributed by atoms with Gasteiger partial charge in [-0.25, -0.2) is 12.8 Å². The Balaban J connectivity index is 2.41. The van der Waals surface area contributed by atoms with Gasteiger partial charge in [-0.1, -0.05) is 17.7 Å². The average Bonchev–Trinajstić information content (AvgIpc) is 2.36. The van der Waals surface area contributed by atoms with E-state index < -0.39 is 15.8 Å². The van der Waals surface area contributed by atoms with Crippen LogP contribution in [0.1, 0.15) is 5.56 Å². The average molecular weight is 315 g/mol. The Morgan fingerprint density at radius 3 is 2.60 bits per heavy atom. The van der Waals surface area contributed by atoms with E-state index in [0.29, 0.717) is 11.3 Å². The number of anilines is 2. The largest absolute Gasteiger partial charge is 0.398 e. The SMILES string of the molecule is Cc1cc(F)c(NS(=O)(=O)c2cccc(Cl)c2)cc1N. The predicted molar refractivity (Wildman–Crippen MR) is 77.8 cm³/mol. The summed E-state index contributed by atoms with van der Waals surface area (Å²) < 4.78 is 40.2. The quantitative estimate of drug-likeness (QED) is 0.855. The molecule has 0 aromatic heterocycles. The minimum Gasteiger partial charge on any atom is -0.398 e. The summed E-state index contributed by atoms with van der Waals surface area (Å²) in [6.07, 6.45) is 0. The molecule has 106 valence electrons. The van der Waals surface area contributed by atoms with Gasteiger partial charge >= 0.3 is 0 Å². The molecule has 0 unspecified atom stereocenters. The Morgan fingerprint density at radius 1 is 1.25 bits per heavy atom. The van der Waals surface area contributed by atoms with Gasteiger partial charge in [-0.15, -0.1) is 0 Å². The van der Waals surface area contributed by atoms with E-state index in [1.165, 1.54) is 30.3 Å². The number of rotatable bonds is 3. The maximum atomic E-state index is 13.7. The van der Waals surface area contributed by atoms with Crippen molar-refractivity contribution in [3.63, 3.8) is 0 Å². The molecule has 0 aliphatic rings. The summed E-state index contributed by atoms with van der Waals surface area (Å²) in [6.45, 7) is 1.63. The van der Waals surface area contributed by atoms with Crippen molar-refractivity contribution in [2.75, 3.05) is 10.5 Å². The molecule has 0 spiro atoms. The second-order valence-electron chi connectivity index (χ2n) is 4.25. The van der Waals surface area contributed by atoms with Crippen molar-refractivity contribution in [1.29, 1.82) is 0 Å². The monoisotopic (exact) mass is 314 g/mol. The molecule has 0 fully saturated rings. The molecule has 2 aromatic rings. The second kappa shape index (κ2) is 5.30. The van der Waals surface area contributed by atoms with Crippen molar-refractivity contribution in [1.82, 2.24) is 0 Å². The third kappa shape index (κ3) is 3.02. The van der Waals surface area contributed by atoms with E-state index in [1.54, 1.807) is 13.0 Å². The molecule has 0 heterocycles. The fourth-order valence-electron chi connectivity index (χ4n) is 1.61. The first-order valence-electron chi connectivity index (χ1n) is 5.63. The van der Waals surface area contributed by atoms with Crippen molar-refractivity contribution in [3.05, 3.63) is 52.8 Å². The van der Waals surface area contributed by atoms with Crippen LogP contribution in [0.2, 0.25) is 5.02 Å². The van der Waals surface area contributed by atoms with Crippen LogP contribution in [0.25, 0.3) is 0 Å². The van der Waals surface area contributed by atoms with Gasteiger partial charge in [-0.2, -0.15) is 0 Å². The Labute approximate surface area is 121 Å². The van der Waals surface area contributed by atoms with Gasteiger partial charge in [0.05, 0.1) is 10.6 Å². The van der Waals surface area contributed by atoms with Crippen LogP contribution in [0, 0.1) is 12.7 Å². The second-order valence-corrected chi connectivity index (χ2v) is 6.37. The number of hydrogen-bond acceptors (Lipinski definition) is 3. The highest BCUT2D eigenvalue weighted by molar-refractivity contribution is 7.92. The van der Waals surface area contributed by atoms with Gasteiger partial charge in [0.15, 0.2) is 0 Å². The zero-order valence-corrected chi connectivity index (χ0v) is 12.1. The lowest BCUT2D eigenvalue weighted by molar-refractivity contribution is 0.598. The van der Waals surface area contributed by atoms with Gasteiger partial charge in [-0.05, 0) is 42.8 Å². The first-order valence-corrected chi connectivity index (χ1v) is 7.50. The molecule has 3 N–H and O–H groups in total. The van der Waals surface area contributed by atoms with E-state index >= 15 is 0 Å². The standard InChI is InChI=1S/C13H12ClFN2O2S/c1-8-5-11(15)13(7-12(8)16)17-20(18,19)10-4-2-3-9(14)6-10/h2-7,17H,16H2,1H3. The molecular formula is C13H12ClFN2O2S. The van der Waals surface area contributed by atoms with E-state index in [9.17, 15) is 12.8 Å². The summed E-state index contributed by atoms with van der Waals surface area (Å²) in [5.74, 6) is -0.692. The Bertz CT molecular complexity index is 763. The van der Waals surface area contributed by atoms with Crippen LogP contribution < -0.4 is 10.5 Å². The van der Waals surface area contributed by atoms with E-state index in [-0.39, 0.29) is 15.6 Å². The van der Waals surface area contributed by atoms with E-state index in [2.05, 4.69) is 4.72 Å². The van der Waals surface area contributed by atoms with Crippen molar-refractivity contribution in [3.8, 4) is 0 Å². The molecule has 20 heavy (non-hydrogen) atoms. The number of benzene rings is 2. The van der Waals surface area contributed by atoms with Gasteiger partial charge in [0.25, 0.3) is 10.0 Å². The Hall–Kier alpha value is -1.79. The fourth-order valence-corrected chi connectivity index (χ4v) is 2.96. The van der Waals surface area contributed by atoms with Crippen molar-refractivity contribution < 1.29 is 12.8 Å². The number of sulfonamides is 1. The fraction of sp³-hybridized carbons (Fsp3) is 0.0769. The minimum atomic E-state index is -3.92. The molecule has 0 atom stereocenters. The van der Waals surface area contributed by atoms with Gasteiger partial charge in [0, 0.05) is 10.7 Å². The van der Waals surface area contributed by atoms with Gasteiger partial charge < -0.3 is 5.73 Å². The van der Waals surface area contributed by atoms with Gasteiger partial charge in [-0.3, -0.25) is 4.72 Å². The smallest absolute Gasteiger partial charge is 0.262 e. The summed E-state index contributed by atoms with van der Waals surface area (Å²) in [6, 6.07) is 8.10. The van der Waals surface area contributed by atoms with Crippen LogP contribution in [0.4, 0.5) is 15.8 Å². The summed E-state index contributed by atoms with van der Waals surface area (Å²) >= 11 is 5.74. The van der Waals surface area contributed by atoms with Crippen molar-refractivity contribution in [2.24, 2.45) is 0 Å². The Morgan fingerprint density at radius 2 is 1.95 bits per heavy atom. The highest BCUT2D eigenvalue weighted by Gasteiger charge is 2.17. The highest BCUT2D eigenvalue weighted by atomic mass is 35.5. The number of nitrogens with one attached hydrogen (secondary N) is 1. The number of halogens is 2. The molecule has 0 saturated carbocycles. The van der Waals surface area contributed by atoms with Crippen LogP contribution >= 0.6 is 11.6 Å². The minimum absolute atomic E-state index is 0.0523. The maximum Gasteiger partial charge on any atom is 0.262 e. The van der Waals surface area contributed by atoms with E-state index in [0.717, 1.165) is 0 Å². The molecule has 4 nitrogen and oxygen atoms in total. The molecule has 2 aromatic carbocycles. The van der Waals surface area contributed by atoms with Gasteiger partial charge in [0.2, 0.25) is 0 Å². The molecule has 0 aliphatic heterocycles.